The van der Waals surface area contributed by atoms with Gasteiger partial charge in [0.05, 0.1) is 10.6 Å². The number of anilines is 1. The highest BCUT2D eigenvalue weighted by atomic mass is 35.5. The Morgan fingerprint density at radius 1 is 1.18 bits per heavy atom. The number of carbonyl (C=O) groups excluding carboxylic acids is 1. The lowest BCUT2D eigenvalue weighted by molar-refractivity contribution is -0.384. The predicted molar refractivity (Wildman–Crippen MR) is 105 cm³/mol. The minimum atomic E-state index is -0.500. The van der Waals surface area contributed by atoms with E-state index in [0.717, 1.165) is 10.2 Å². The van der Waals surface area contributed by atoms with Crippen LogP contribution >= 0.6 is 11.6 Å². The molecule has 1 aromatic heterocycles. The lowest BCUT2D eigenvalue weighted by atomic mass is 10.1. The third kappa shape index (κ3) is 4.41. The number of aryl methyl sites for hydroxylation is 1. The second-order valence-corrected chi connectivity index (χ2v) is 6.44. The molecule has 0 bridgehead atoms. The van der Waals surface area contributed by atoms with Crippen LogP contribution in [0.25, 0.3) is 11.3 Å². The first-order chi connectivity index (χ1) is 13.3. The Morgan fingerprint density at radius 2 is 1.89 bits per heavy atom. The van der Waals surface area contributed by atoms with Crippen molar-refractivity contribution in [3.05, 3.63) is 85.7 Å². The van der Waals surface area contributed by atoms with E-state index >= 15 is 0 Å². The summed E-state index contributed by atoms with van der Waals surface area (Å²) in [6, 6.07) is 13.7. The Kier molecular flexibility index (Phi) is 5.51. The van der Waals surface area contributed by atoms with Gasteiger partial charge in [0.1, 0.15) is 6.54 Å². The van der Waals surface area contributed by atoms with Crippen LogP contribution in [0, 0.1) is 17.0 Å². The Hall–Kier alpha value is -3.52. The molecule has 0 aliphatic carbocycles. The molecule has 3 rings (SSSR count). The molecule has 2 aromatic carbocycles. The summed E-state index contributed by atoms with van der Waals surface area (Å²) in [5.74, 6) is -0.435. The maximum absolute atomic E-state index is 12.3. The van der Waals surface area contributed by atoms with Gasteiger partial charge in [0.15, 0.2) is 0 Å². The molecule has 0 unspecified atom stereocenters. The Balaban J connectivity index is 1.79. The first-order valence-corrected chi connectivity index (χ1v) is 8.60. The summed E-state index contributed by atoms with van der Waals surface area (Å²) < 4.78 is 1.03. The highest BCUT2D eigenvalue weighted by Crippen LogP contribution is 2.21. The standard InChI is InChI=1S/C19H15ClN4O4/c1-12-2-5-14(10-16(12)20)21-18(25)11-23-19(26)9-8-17(22-23)13-3-6-15(7-4-13)24(27)28/h2-10H,11H2,1H3,(H,21,25). The number of carbonyl (C=O) groups is 1. The van der Waals surface area contributed by atoms with Gasteiger partial charge in [-0.25, -0.2) is 4.68 Å². The number of hydrogen-bond acceptors (Lipinski definition) is 5. The number of halogens is 1. The van der Waals surface area contributed by atoms with Crippen molar-refractivity contribution in [3.63, 3.8) is 0 Å². The molecule has 28 heavy (non-hydrogen) atoms. The Bertz CT molecular complexity index is 1110. The summed E-state index contributed by atoms with van der Waals surface area (Å²) in [7, 11) is 0. The molecule has 3 aromatic rings. The average molecular weight is 399 g/mol. The smallest absolute Gasteiger partial charge is 0.269 e. The molecule has 9 heteroatoms. The van der Waals surface area contributed by atoms with Gasteiger partial charge in [-0.05, 0) is 42.8 Å². The van der Waals surface area contributed by atoms with E-state index in [1.54, 1.807) is 18.2 Å². The van der Waals surface area contributed by atoms with Gasteiger partial charge in [0.2, 0.25) is 5.91 Å². The van der Waals surface area contributed by atoms with Crippen molar-refractivity contribution in [3.8, 4) is 11.3 Å². The van der Waals surface area contributed by atoms with Crippen LogP contribution < -0.4 is 10.9 Å². The number of amides is 1. The minimum absolute atomic E-state index is 0.0480. The van der Waals surface area contributed by atoms with Crippen molar-refractivity contribution in [2.75, 3.05) is 5.32 Å². The van der Waals surface area contributed by atoms with Crippen molar-refractivity contribution in [1.29, 1.82) is 0 Å². The number of nitrogens with one attached hydrogen (secondary N) is 1. The first-order valence-electron chi connectivity index (χ1n) is 8.22. The fourth-order valence-corrected chi connectivity index (χ4v) is 2.66. The van der Waals surface area contributed by atoms with Crippen molar-refractivity contribution < 1.29 is 9.72 Å². The summed E-state index contributed by atoms with van der Waals surface area (Å²) in [5.41, 5.74) is 1.91. The lowest BCUT2D eigenvalue weighted by Crippen LogP contribution is -2.29. The molecule has 0 spiro atoms. The topological polar surface area (TPSA) is 107 Å². The monoisotopic (exact) mass is 398 g/mol. The van der Waals surface area contributed by atoms with Gasteiger partial charge in [0.25, 0.3) is 11.2 Å². The summed E-state index contributed by atoms with van der Waals surface area (Å²) >= 11 is 6.04. The van der Waals surface area contributed by atoms with Gasteiger partial charge in [0, 0.05) is 34.5 Å². The van der Waals surface area contributed by atoms with E-state index in [4.69, 9.17) is 11.6 Å². The molecule has 0 fully saturated rings. The largest absolute Gasteiger partial charge is 0.324 e. The second-order valence-electron chi connectivity index (χ2n) is 6.03. The van der Waals surface area contributed by atoms with Gasteiger partial charge < -0.3 is 5.32 Å². The molecule has 1 heterocycles. The summed E-state index contributed by atoms with van der Waals surface area (Å²) in [5, 5.41) is 18.1. The van der Waals surface area contributed by atoms with Crippen LogP contribution in [-0.4, -0.2) is 20.6 Å². The van der Waals surface area contributed by atoms with Crippen molar-refractivity contribution in [2.24, 2.45) is 0 Å². The normalized spacial score (nSPS) is 10.5. The summed E-state index contributed by atoms with van der Waals surface area (Å²) in [6.45, 7) is 1.56. The van der Waals surface area contributed by atoms with Gasteiger partial charge in [-0.2, -0.15) is 5.10 Å². The molecule has 0 saturated carbocycles. The van der Waals surface area contributed by atoms with E-state index in [2.05, 4.69) is 10.4 Å². The van der Waals surface area contributed by atoms with Crippen LogP contribution in [-0.2, 0) is 11.3 Å². The Labute approximate surface area is 164 Å². The predicted octanol–water partition coefficient (Wildman–Crippen LogP) is 3.42. The molecular formula is C19H15ClN4O4. The number of rotatable bonds is 5. The fourth-order valence-electron chi connectivity index (χ4n) is 2.48. The van der Waals surface area contributed by atoms with Gasteiger partial charge in [-0.3, -0.25) is 19.7 Å². The maximum atomic E-state index is 12.3. The summed E-state index contributed by atoms with van der Waals surface area (Å²) in [4.78, 5) is 34.6. The number of nitro benzene ring substituents is 1. The average Bonchev–Trinajstić information content (AvgIpc) is 2.66. The Morgan fingerprint density at radius 3 is 2.54 bits per heavy atom. The van der Waals surface area contributed by atoms with Gasteiger partial charge >= 0.3 is 0 Å². The number of nitro groups is 1. The molecule has 0 radical (unpaired) electrons. The molecule has 142 valence electrons. The first kappa shape index (κ1) is 19.2. The minimum Gasteiger partial charge on any atom is -0.324 e. The zero-order chi connectivity index (χ0) is 20.3. The quantitative estimate of drug-likeness (QED) is 0.523. The van der Waals surface area contributed by atoms with E-state index in [9.17, 15) is 19.7 Å². The van der Waals surface area contributed by atoms with Gasteiger partial charge in [-0.1, -0.05) is 17.7 Å². The summed E-state index contributed by atoms with van der Waals surface area (Å²) in [6.07, 6.45) is 0. The van der Waals surface area contributed by atoms with E-state index < -0.39 is 16.4 Å². The molecule has 0 atom stereocenters. The van der Waals surface area contributed by atoms with Crippen LogP contribution in [0.15, 0.2) is 59.4 Å². The number of non-ortho nitro benzene ring substituents is 1. The molecule has 1 amide bonds. The number of hydrogen-bond donors (Lipinski definition) is 1. The van der Waals surface area contributed by atoms with Crippen LogP contribution in [0.2, 0.25) is 5.02 Å². The molecular weight excluding hydrogens is 384 g/mol. The molecule has 0 saturated heterocycles. The van der Waals surface area contributed by atoms with Crippen LogP contribution in [0.4, 0.5) is 11.4 Å². The van der Waals surface area contributed by atoms with Crippen molar-refractivity contribution in [1.82, 2.24) is 9.78 Å². The van der Waals surface area contributed by atoms with E-state index in [1.165, 1.54) is 36.4 Å². The fraction of sp³-hybridized carbons (Fsp3) is 0.105. The van der Waals surface area contributed by atoms with E-state index in [-0.39, 0.29) is 12.2 Å². The highest BCUT2D eigenvalue weighted by Gasteiger charge is 2.10. The number of aromatic nitrogens is 2. The molecule has 0 aliphatic rings. The second kappa shape index (κ2) is 8.01. The third-order valence-electron chi connectivity index (χ3n) is 3.99. The van der Waals surface area contributed by atoms with E-state index in [0.29, 0.717) is 22.0 Å². The van der Waals surface area contributed by atoms with Crippen molar-refractivity contribution in [2.45, 2.75) is 13.5 Å². The SMILES string of the molecule is Cc1ccc(NC(=O)Cn2nc(-c3ccc([N+](=O)[O-])cc3)ccc2=O)cc1Cl. The third-order valence-corrected chi connectivity index (χ3v) is 4.40. The van der Waals surface area contributed by atoms with Crippen molar-refractivity contribution >= 4 is 28.9 Å². The molecule has 8 nitrogen and oxygen atoms in total. The van der Waals surface area contributed by atoms with Crippen LogP contribution in [0.3, 0.4) is 0 Å². The zero-order valence-electron chi connectivity index (χ0n) is 14.8. The molecule has 1 N–H and O–H groups in total. The van der Waals surface area contributed by atoms with Crippen LogP contribution in [0.5, 0.6) is 0 Å². The van der Waals surface area contributed by atoms with E-state index in [1.807, 2.05) is 6.92 Å². The number of nitrogens with zero attached hydrogens (tertiary/aromatic N) is 3. The molecule has 0 aliphatic heterocycles. The van der Waals surface area contributed by atoms with Gasteiger partial charge in [-0.15, -0.1) is 0 Å². The highest BCUT2D eigenvalue weighted by molar-refractivity contribution is 6.31. The van der Waals surface area contributed by atoms with Crippen LogP contribution in [0.1, 0.15) is 5.56 Å². The zero-order valence-corrected chi connectivity index (χ0v) is 15.5. The lowest BCUT2D eigenvalue weighted by Gasteiger charge is -2.09. The number of benzene rings is 2. The maximum Gasteiger partial charge on any atom is 0.269 e.